The molecule has 0 bridgehead atoms. The predicted molar refractivity (Wildman–Crippen MR) is 70.0 cm³/mol. The Hall–Kier alpha value is -1.31. The number of nitrogens with one attached hydrogen (secondary N) is 2. The highest BCUT2D eigenvalue weighted by Crippen LogP contribution is 2.17. The number of rotatable bonds is 3. The van der Waals surface area contributed by atoms with E-state index < -0.39 is 18.0 Å². The molecule has 0 saturated carbocycles. The van der Waals surface area contributed by atoms with E-state index >= 15 is 0 Å². The first kappa shape index (κ1) is 12.8. The fourth-order valence-corrected chi connectivity index (χ4v) is 1.65. The first-order valence-corrected chi connectivity index (χ1v) is 5.70. The van der Waals surface area contributed by atoms with Crippen molar-refractivity contribution < 1.29 is 9.59 Å². The molecule has 86 valence electrons. The van der Waals surface area contributed by atoms with Crippen molar-refractivity contribution in [3.63, 3.8) is 0 Å². The van der Waals surface area contributed by atoms with Gasteiger partial charge in [0.15, 0.2) is 0 Å². The van der Waals surface area contributed by atoms with Crippen LogP contribution in [0.2, 0.25) is 0 Å². The third kappa shape index (κ3) is 3.69. The lowest BCUT2D eigenvalue weighted by atomic mass is 10.2. The molecule has 0 aliphatic rings. The maximum Gasteiger partial charge on any atom is 0.318 e. The molecule has 4 N–H and O–H groups in total. The third-order valence-corrected chi connectivity index (χ3v) is 2.83. The van der Waals surface area contributed by atoms with Crippen LogP contribution in [0.4, 0.5) is 10.5 Å². The Bertz CT molecular complexity index is 409. The summed E-state index contributed by atoms with van der Waals surface area (Å²) in [6, 6.07) is 6.17. The van der Waals surface area contributed by atoms with E-state index in [-0.39, 0.29) is 0 Å². The highest BCUT2D eigenvalue weighted by Gasteiger charge is 2.14. The van der Waals surface area contributed by atoms with Crippen molar-refractivity contribution in [1.82, 2.24) is 5.32 Å². The summed E-state index contributed by atoms with van der Waals surface area (Å²) in [5.41, 5.74) is 5.70. The van der Waals surface area contributed by atoms with Crippen LogP contribution >= 0.6 is 22.6 Å². The van der Waals surface area contributed by atoms with Gasteiger partial charge in [-0.3, -0.25) is 10.1 Å². The Morgan fingerprint density at radius 1 is 1.38 bits per heavy atom. The topological polar surface area (TPSA) is 84.2 Å². The number of anilines is 1. The summed E-state index contributed by atoms with van der Waals surface area (Å²) in [5, 5.41) is 5.01. The summed E-state index contributed by atoms with van der Waals surface area (Å²) in [5.74, 6) is -0.452. The maximum absolute atomic E-state index is 11.4. The molecule has 16 heavy (non-hydrogen) atoms. The minimum atomic E-state index is -0.846. The molecule has 5 nitrogen and oxygen atoms in total. The van der Waals surface area contributed by atoms with Crippen molar-refractivity contribution in [1.29, 1.82) is 0 Å². The summed E-state index contributed by atoms with van der Waals surface area (Å²) in [6.45, 7) is 1.65. The van der Waals surface area contributed by atoms with Crippen LogP contribution in [0.1, 0.15) is 6.92 Å². The standard InChI is InChI=1S/C10H12IN3O2/c1-6(9(15)14-10(12)16)13-8-5-3-2-4-7(8)11/h2-6,13H,1H3,(H3,12,14,15,16). The largest absolute Gasteiger partial charge is 0.373 e. The Kier molecular flexibility index (Phi) is 4.53. The van der Waals surface area contributed by atoms with E-state index in [4.69, 9.17) is 5.73 Å². The van der Waals surface area contributed by atoms with E-state index in [0.29, 0.717) is 0 Å². The number of primary amides is 1. The van der Waals surface area contributed by atoms with Crippen LogP contribution in [0.25, 0.3) is 0 Å². The predicted octanol–water partition coefficient (Wildman–Crippen LogP) is 1.29. The van der Waals surface area contributed by atoms with Crippen molar-refractivity contribution in [2.45, 2.75) is 13.0 Å². The zero-order valence-electron chi connectivity index (χ0n) is 8.66. The van der Waals surface area contributed by atoms with E-state index in [1.807, 2.05) is 29.6 Å². The van der Waals surface area contributed by atoms with Gasteiger partial charge in [-0.15, -0.1) is 0 Å². The number of hydrogen-bond donors (Lipinski definition) is 3. The lowest BCUT2D eigenvalue weighted by Gasteiger charge is -2.14. The van der Waals surface area contributed by atoms with Crippen molar-refractivity contribution in [3.05, 3.63) is 27.8 Å². The Balaban J connectivity index is 2.64. The number of carbonyl (C=O) groups is 2. The quantitative estimate of drug-likeness (QED) is 0.729. The molecule has 0 spiro atoms. The Morgan fingerprint density at radius 3 is 2.56 bits per heavy atom. The van der Waals surface area contributed by atoms with Crippen LogP contribution in [0.15, 0.2) is 24.3 Å². The molecule has 1 aromatic carbocycles. The van der Waals surface area contributed by atoms with Crippen molar-refractivity contribution in [2.24, 2.45) is 5.73 Å². The highest BCUT2D eigenvalue weighted by molar-refractivity contribution is 14.1. The number of urea groups is 1. The van der Waals surface area contributed by atoms with E-state index in [0.717, 1.165) is 9.26 Å². The lowest BCUT2D eigenvalue weighted by molar-refractivity contribution is -0.120. The molecule has 0 saturated heterocycles. The fraction of sp³-hybridized carbons (Fsp3) is 0.200. The minimum Gasteiger partial charge on any atom is -0.373 e. The number of para-hydroxylation sites is 1. The lowest BCUT2D eigenvalue weighted by Crippen LogP contribution is -2.43. The molecular weight excluding hydrogens is 321 g/mol. The van der Waals surface area contributed by atoms with E-state index in [1.165, 1.54) is 0 Å². The van der Waals surface area contributed by atoms with Crippen LogP contribution in [0.5, 0.6) is 0 Å². The van der Waals surface area contributed by atoms with Gasteiger partial charge in [0.1, 0.15) is 6.04 Å². The second kappa shape index (κ2) is 5.69. The van der Waals surface area contributed by atoms with Gasteiger partial charge in [-0.1, -0.05) is 12.1 Å². The SMILES string of the molecule is CC(Nc1ccccc1I)C(=O)NC(N)=O. The number of carbonyl (C=O) groups excluding carboxylic acids is 2. The molecule has 0 aliphatic heterocycles. The first-order valence-electron chi connectivity index (χ1n) is 4.62. The summed E-state index contributed by atoms with van der Waals surface area (Å²) in [4.78, 5) is 21.9. The van der Waals surface area contributed by atoms with E-state index in [9.17, 15) is 9.59 Å². The van der Waals surface area contributed by atoms with Crippen LogP contribution in [0.3, 0.4) is 0 Å². The molecule has 0 heterocycles. The fourth-order valence-electron chi connectivity index (χ4n) is 1.11. The molecule has 1 rings (SSSR count). The summed E-state index contributed by atoms with van der Waals surface area (Å²) in [6.07, 6.45) is 0. The molecule has 1 aromatic rings. The Labute approximate surface area is 107 Å². The molecule has 0 aliphatic carbocycles. The summed E-state index contributed by atoms with van der Waals surface area (Å²) >= 11 is 2.16. The van der Waals surface area contributed by atoms with E-state index in [2.05, 4.69) is 27.9 Å². The van der Waals surface area contributed by atoms with Gasteiger partial charge in [0, 0.05) is 9.26 Å². The van der Waals surface area contributed by atoms with Crippen LogP contribution < -0.4 is 16.4 Å². The molecule has 1 atom stereocenters. The summed E-state index contributed by atoms with van der Waals surface area (Å²) in [7, 11) is 0. The smallest absolute Gasteiger partial charge is 0.318 e. The van der Waals surface area contributed by atoms with Crippen molar-refractivity contribution in [3.8, 4) is 0 Å². The van der Waals surface area contributed by atoms with Gasteiger partial charge in [-0.2, -0.15) is 0 Å². The monoisotopic (exact) mass is 333 g/mol. The van der Waals surface area contributed by atoms with Gasteiger partial charge in [-0.25, -0.2) is 4.79 Å². The second-order valence-electron chi connectivity index (χ2n) is 3.20. The number of hydrogen-bond acceptors (Lipinski definition) is 3. The number of amides is 3. The Morgan fingerprint density at radius 2 is 2.00 bits per heavy atom. The minimum absolute atomic E-state index is 0.452. The highest BCUT2D eigenvalue weighted by atomic mass is 127. The van der Waals surface area contributed by atoms with Gasteiger partial charge in [-0.05, 0) is 41.6 Å². The van der Waals surface area contributed by atoms with Gasteiger partial charge in [0.25, 0.3) is 0 Å². The second-order valence-corrected chi connectivity index (χ2v) is 4.36. The summed E-state index contributed by atoms with van der Waals surface area (Å²) < 4.78 is 0.999. The number of imide groups is 1. The molecule has 0 radical (unpaired) electrons. The van der Waals surface area contributed by atoms with Gasteiger partial charge in [0.05, 0.1) is 0 Å². The van der Waals surface area contributed by atoms with Crippen molar-refractivity contribution >= 4 is 40.2 Å². The number of nitrogens with two attached hydrogens (primary N) is 1. The molecular formula is C10H12IN3O2. The number of benzene rings is 1. The average molecular weight is 333 g/mol. The maximum atomic E-state index is 11.4. The first-order chi connectivity index (χ1) is 7.50. The normalized spacial score (nSPS) is 11.6. The molecule has 3 amide bonds. The van der Waals surface area contributed by atoms with Crippen LogP contribution in [-0.2, 0) is 4.79 Å². The van der Waals surface area contributed by atoms with Crippen LogP contribution in [-0.4, -0.2) is 18.0 Å². The zero-order valence-corrected chi connectivity index (χ0v) is 10.8. The van der Waals surface area contributed by atoms with Gasteiger partial charge < -0.3 is 11.1 Å². The van der Waals surface area contributed by atoms with Crippen LogP contribution in [0, 0.1) is 3.57 Å². The van der Waals surface area contributed by atoms with Crippen molar-refractivity contribution in [2.75, 3.05) is 5.32 Å². The molecule has 1 unspecified atom stereocenters. The average Bonchev–Trinajstić information content (AvgIpc) is 2.20. The third-order valence-electron chi connectivity index (χ3n) is 1.89. The van der Waals surface area contributed by atoms with Gasteiger partial charge >= 0.3 is 6.03 Å². The number of halogens is 1. The molecule has 0 aromatic heterocycles. The van der Waals surface area contributed by atoms with Gasteiger partial charge in [0.2, 0.25) is 5.91 Å². The molecule has 0 fully saturated rings. The van der Waals surface area contributed by atoms with E-state index in [1.54, 1.807) is 6.92 Å². The molecule has 6 heteroatoms. The zero-order chi connectivity index (χ0) is 12.1.